The minimum absolute atomic E-state index is 0.0538. The molecular weight excluding hydrogens is 350 g/mol. The number of anilines is 2. The van der Waals surface area contributed by atoms with Crippen molar-refractivity contribution < 1.29 is 4.79 Å². The van der Waals surface area contributed by atoms with E-state index in [9.17, 15) is 4.79 Å². The molecule has 0 spiro atoms. The minimum atomic E-state index is -0.0538. The number of amides is 1. The Morgan fingerprint density at radius 2 is 1.88 bits per heavy atom. The van der Waals surface area contributed by atoms with E-state index < -0.39 is 0 Å². The first kappa shape index (κ1) is 18.7. The van der Waals surface area contributed by atoms with E-state index in [1.165, 1.54) is 0 Å². The van der Waals surface area contributed by atoms with E-state index in [1.807, 2.05) is 43.8 Å². The van der Waals surface area contributed by atoms with Gasteiger partial charge in [-0.25, -0.2) is 0 Å². The summed E-state index contributed by atoms with van der Waals surface area (Å²) in [6.07, 6.45) is 0.306. The quantitative estimate of drug-likeness (QED) is 0.892. The monoisotopic (exact) mass is 375 g/mol. The zero-order valence-electron chi connectivity index (χ0n) is 15.8. The van der Waals surface area contributed by atoms with Crippen molar-refractivity contribution in [2.24, 2.45) is 7.05 Å². The maximum absolute atomic E-state index is 12.7. The van der Waals surface area contributed by atoms with Crippen LogP contribution in [0.1, 0.15) is 17.0 Å². The van der Waals surface area contributed by atoms with Crippen molar-refractivity contribution in [3.8, 4) is 0 Å². The molecule has 1 fully saturated rings. The highest BCUT2D eigenvalue weighted by molar-refractivity contribution is 6.31. The van der Waals surface area contributed by atoms with E-state index in [0.29, 0.717) is 11.4 Å². The number of hydrogen-bond acceptors (Lipinski definition) is 4. The molecular formula is C19H26ClN5O. The first-order chi connectivity index (χ1) is 12.3. The van der Waals surface area contributed by atoms with Gasteiger partial charge in [0.1, 0.15) is 0 Å². The average Bonchev–Trinajstić information content (AvgIpc) is 2.82. The van der Waals surface area contributed by atoms with Gasteiger partial charge in [0.05, 0.1) is 23.5 Å². The number of nitrogens with zero attached hydrogens (tertiary/aromatic N) is 4. The summed E-state index contributed by atoms with van der Waals surface area (Å²) in [5.41, 5.74) is 4.68. The Kier molecular flexibility index (Phi) is 5.53. The van der Waals surface area contributed by atoms with Crippen molar-refractivity contribution in [2.45, 2.75) is 20.3 Å². The molecule has 1 N–H and O–H groups in total. The lowest BCUT2D eigenvalue weighted by molar-refractivity contribution is -0.115. The summed E-state index contributed by atoms with van der Waals surface area (Å²) in [5, 5.41) is 8.06. The standard InChI is InChI=1S/C19H26ClN5O/c1-13-16(14(2)24(4)22-13)12-19(26)21-17-11-15(20)5-6-18(17)25-9-7-23(3)8-10-25/h5-6,11H,7-10,12H2,1-4H3,(H,21,26). The van der Waals surface area contributed by atoms with Gasteiger partial charge in [0, 0.05) is 49.5 Å². The summed E-state index contributed by atoms with van der Waals surface area (Å²) in [5.74, 6) is -0.0538. The summed E-state index contributed by atoms with van der Waals surface area (Å²) in [6, 6.07) is 5.69. The van der Waals surface area contributed by atoms with E-state index in [2.05, 4.69) is 27.3 Å². The lowest BCUT2D eigenvalue weighted by Crippen LogP contribution is -2.44. The van der Waals surface area contributed by atoms with Gasteiger partial charge in [0.15, 0.2) is 0 Å². The molecule has 2 heterocycles. The van der Waals surface area contributed by atoms with Gasteiger partial charge in [-0.1, -0.05) is 11.6 Å². The number of hydrogen-bond donors (Lipinski definition) is 1. The van der Waals surface area contributed by atoms with Crippen LogP contribution in [0.5, 0.6) is 0 Å². The fourth-order valence-electron chi connectivity index (χ4n) is 3.36. The molecule has 1 aromatic heterocycles. The average molecular weight is 376 g/mol. The molecule has 6 nitrogen and oxygen atoms in total. The van der Waals surface area contributed by atoms with Crippen LogP contribution in [-0.4, -0.2) is 53.8 Å². The number of likely N-dealkylation sites (N-methyl/N-ethyl adjacent to an activating group) is 1. The predicted octanol–water partition coefficient (Wildman–Crippen LogP) is 2.62. The third-order valence-electron chi connectivity index (χ3n) is 5.07. The fraction of sp³-hybridized carbons (Fsp3) is 0.474. The topological polar surface area (TPSA) is 53.4 Å². The molecule has 0 unspecified atom stereocenters. The maximum atomic E-state index is 12.7. The number of halogens is 1. The molecule has 0 atom stereocenters. The van der Waals surface area contributed by atoms with Crippen LogP contribution in [0.2, 0.25) is 5.02 Å². The zero-order chi connectivity index (χ0) is 18.8. The van der Waals surface area contributed by atoms with Gasteiger partial charge < -0.3 is 15.1 Å². The Morgan fingerprint density at radius 3 is 2.50 bits per heavy atom. The highest BCUT2D eigenvalue weighted by atomic mass is 35.5. The van der Waals surface area contributed by atoms with Crippen LogP contribution >= 0.6 is 11.6 Å². The van der Waals surface area contributed by atoms with Crippen LogP contribution in [0, 0.1) is 13.8 Å². The Hall–Kier alpha value is -2.05. The number of carbonyl (C=O) groups excluding carboxylic acids is 1. The van der Waals surface area contributed by atoms with Gasteiger partial charge in [0.2, 0.25) is 5.91 Å². The summed E-state index contributed by atoms with van der Waals surface area (Å²) in [7, 11) is 4.02. The maximum Gasteiger partial charge on any atom is 0.228 e. The van der Waals surface area contributed by atoms with Crippen LogP contribution in [0.3, 0.4) is 0 Å². The molecule has 1 aromatic carbocycles. The van der Waals surface area contributed by atoms with Crippen LogP contribution in [0.15, 0.2) is 18.2 Å². The number of nitrogens with one attached hydrogen (secondary N) is 1. The Labute approximate surface area is 159 Å². The summed E-state index contributed by atoms with van der Waals surface area (Å²) in [6.45, 7) is 7.79. The molecule has 1 aliphatic rings. The van der Waals surface area contributed by atoms with Crippen LogP contribution in [0.25, 0.3) is 0 Å². The van der Waals surface area contributed by atoms with E-state index in [0.717, 1.165) is 54.5 Å². The van der Waals surface area contributed by atoms with Crippen molar-refractivity contribution >= 4 is 28.9 Å². The van der Waals surface area contributed by atoms with Gasteiger partial charge in [-0.05, 0) is 39.1 Å². The third kappa shape index (κ3) is 4.02. The van der Waals surface area contributed by atoms with E-state index in [-0.39, 0.29) is 5.91 Å². The number of carbonyl (C=O) groups is 1. The number of benzene rings is 1. The molecule has 140 valence electrons. The number of aromatic nitrogens is 2. The highest BCUT2D eigenvalue weighted by Crippen LogP contribution is 2.30. The Balaban J connectivity index is 1.78. The molecule has 0 radical (unpaired) electrons. The normalized spacial score (nSPS) is 15.3. The highest BCUT2D eigenvalue weighted by Gasteiger charge is 2.19. The van der Waals surface area contributed by atoms with Crippen molar-refractivity contribution in [3.05, 3.63) is 40.2 Å². The fourth-order valence-corrected chi connectivity index (χ4v) is 3.53. The van der Waals surface area contributed by atoms with Crippen molar-refractivity contribution in [3.63, 3.8) is 0 Å². The van der Waals surface area contributed by atoms with Gasteiger partial charge in [0.25, 0.3) is 0 Å². The molecule has 0 aliphatic carbocycles. The molecule has 1 aliphatic heterocycles. The smallest absolute Gasteiger partial charge is 0.228 e. The SMILES string of the molecule is Cc1nn(C)c(C)c1CC(=O)Nc1cc(Cl)ccc1N1CCN(C)CC1. The van der Waals surface area contributed by atoms with E-state index in [1.54, 1.807) is 0 Å². The number of piperazine rings is 1. The second kappa shape index (κ2) is 7.68. The third-order valence-corrected chi connectivity index (χ3v) is 5.31. The summed E-state index contributed by atoms with van der Waals surface area (Å²) < 4.78 is 1.81. The van der Waals surface area contributed by atoms with Gasteiger partial charge in [-0.3, -0.25) is 9.48 Å². The van der Waals surface area contributed by atoms with Crippen molar-refractivity contribution in [1.29, 1.82) is 0 Å². The van der Waals surface area contributed by atoms with Gasteiger partial charge in [-0.2, -0.15) is 5.10 Å². The van der Waals surface area contributed by atoms with Gasteiger partial charge in [-0.15, -0.1) is 0 Å². The molecule has 3 rings (SSSR count). The minimum Gasteiger partial charge on any atom is -0.367 e. The second-order valence-electron chi connectivity index (χ2n) is 6.95. The van der Waals surface area contributed by atoms with Crippen LogP contribution in [-0.2, 0) is 18.3 Å². The number of aryl methyl sites for hydroxylation is 2. The van der Waals surface area contributed by atoms with Gasteiger partial charge >= 0.3 is 0 Å². The summed E-state index contributed by atoms with van der Waals surface area (Å²) in [4.78, 5) is 17.3. The zero-order valence-corrected chi connectivity index (χ0v) is 16.6. The lowest BCUT2D eigenvalue weighted by Gasteiger charge is -2.35. The lowest BCUT2D eigenvalue weighted by atomic mass is 10.1. The Bertz CT molecular complexity index is 809. The molecule has 2 aromatic rings. The second-order valence-corrected chi connectivity index (χ2v) is 7.39. The summed E-state index contributed by atoms with van der Waals surface area (Å²) >= 11 is 6.18. The largest absolute Gasteiger partial charge is 0.367 e. The first-order valence-electron chi connectivity index (χ1n) is 8.87. The predicted molar refractivity (Wildman–Crippen MR) is 106 cm³/mol. The van der Waals surface area contributed by atoms with E-state index in [4.69, 9.17) is 11.6 Å². The van der Waals surface area contributed by atoms with Crippen molar-refractivity contribution in [2.75, 3.05) is 43.4 Å². The van der Waals surface area contributed by atoms with Crippen molar-refractivity contribution in [1.82, 2.24) is 14.7 Å². The molecule has 0 saturated carbocycles. The first-order valence-corrected chi connectivity index (χ1v) is 9.25. The number of rotatable bonds is 4. The molecule has 1 amide bonds. The van der Waals surface area contributed by atoms with E-state index >= 15 is 0 Å². The molecule has 7 heteroatoms. The van der Waals surface area contributed by atoms with Crippen LogP contribution < -0.4 is 10.2 Å². The Morgan fingerprint density at radius 1 is 1.19 bits per heavy atom. The molecule has 0 bridgehead atoms. The molecule has 1 saturated heterocycles. The van der Waals surface area contributed by atoms with Crippen LogP contribution in [0.4, 0.5) is 11.4 Å². The molecule has 26 heavy (non-hydrogen) atoms.